The van der Waals surface area contributed by atoms with Gasteiger partial charge in [0.2, 0.25) is 5.91 Å². The molecule has 0 aliphatic carbocycles. The number of hydrogen-bond donors (Lipinski definition) is 3. The third-order valence-corrected chi connectivity index (χ3v) is 10.5. The summed E-state index contributed by atoms with van der Waals surface area (Å²) in [7, 11) is -3.57. The van der Waals surface area contributed by atoms with E-state index in [0.29, 0.717) is 61.3 Å². The Bertz CT molecular complexity index is 1590. The average Bonchev–Trinajstić information content (AvgIpc) is 3.61. The number of aliphatic hydroxyl groups excluding tert-OH is 1. The molecule has 1 unspecified atom stereocenters. The molecule has 2 aliphatic heterocycles. The fourth-order valence-corrected chi connectivity index (χ4v) is 7.52. The minimum Gasteiger partial charge on any atom is -0.494 e. The van der Waals surface area contributed by atoms with Gasteiger partial charge in [-0.15, -0.1) is 0 Å². The predicted octanol–water partition coefficient (Wildman–Crippen LogP) is 2.98. The lowest BCUT2D eigenvalue weighted by atomic mass is 10.1. The number of amides is 4. The molecular weight excluding hydrogens is 695 g/mol. The molecule has 0 radical (unpaired) electrons. The molecule has 3 N–H and O–H groups in total. The second-order valence-electron chi connectivity index (χ2n) is 13.6. The van der Waals surface area contributed by atoms with E-state index in [4.69, 9.17) is 18.5 Å². The third-order valence-electron chi connectivity index (χ3n) is 8.62. The van der Waals surface area contributed by atoms with Crippen molar-refractivity contribution in [2.75, 3.05) is 71.9 Å². The van der Waals surface area contributed by atoms with E-state index in [1.165, 1.54) is 11.1 Å². The van der Waals surface area contributed by atoms with Gasteiger partial charge >= 0.3 is 13.7 Å². The van der Waals surface area contributed by atoms with Crippen molar-refractivity contribution >= 4 is 42.3 Å². The Morgan fingerprint density at radius 2 is 1.73 bits per heavy atom. The van der Waals surface area contributed by atoms with E-state index in [0.717, 1.165) is 26.1 Å². The van der Waals surface area contributed by atoms with E-state index in [9.17, 15) is 28.8 Å². The molecule has 2 aliphatic rings. The van der Waals surface area contributed by atoms with Gasteiger partial charge in [-0.25, -0.2) is 4.79 Å². The lowest BCUT2D eigenvalue weighted by molar-refractivity contribution is -0.138. The molecule has 2 atom stereocenters. The van der Waals surface area contributed by atoms with Gasteiger partial charge in [0, 0.05) is 50.9 Å². The lowest BCUT2D eigenvalue weighted by Gasteiger charge is -2.35. The molecule has 2 saturated heterocycles. The minimum absolute atomic E-state index is 0.122. The molecule has 52 heavy (non-hydrogen) atoms. The van der Waals surface area contributed by atoms with Crippen molar-refractivity contribution in [1.29, 1.82) is 0 Å². The molecule has 3 heterocycles. The van der Waals surface area contributed by atoms with Gasteiger partial charge in [0.05, 0.1) is 43.5 Å². The largest absolute Gasteiger partial charge is 0.494 e. The number of piperazine rings is 1. The van der Waals surface area contributed by atoms with Gasteiger partial charge in [0.1, 0.15) is 17.6 Å². The Balaban J connectivity index is 1.26. The highest BCUT2D eigenvalue weighted by Gasteiger charge is 2.38. The highest BCUT2D eigenvalue weighted by molar-refractivity contribution is 7.53. The highest BCUT2D eigenvalue weighted by atomic mass is 31.2. The topological polar surface area (TPSA) is 189 Å². The summed E-state index contributed by atoms with van der Waals surface area (Å²) in [5.74, 6) is -1.16. The summed E-state index contributed by atoms with van der Waals surface area (Å²) < 4.78 is 34.5. The van der Waals surface area contributed by atoms with Crippen LogP contribution in [0.4, 0.5) is 4.79 Å². The van der Waals surface area contributed by atoms with Crippen molar-refractivity contribution < 1.29 is 47.4 Å². The molecule has 1 aromatic carbocycles. The molecule has 0 saturated carbocycles. The van der Waals surface area contributed by atoms with E-state index in [-0.39, 0.29) is 25.9 Å². The van der Waals surface area contributed by atoms with Gasteiger partial charge in [-0.2, -0.15) is 0 Å². The normalized spacial score (nSPS) is 17.5. The van der Waals surface area contributed by atoms with Gasteiger partial charge in [-0.05, 0) is 78.1 Å². The number of carbonyl (C=O) groups is 4. The number of fused-ring (bicyclic) bond motifs is 1. The Morgan fingerprint density at radius 3 is 2.40 bits per heavy atom. The van der Waals surface area contributed by atoms with Crippen LogP contribution in [-0.2, 0) is 27.9 Å². The molecule has 0 spiro atoms. The summed E-state index contributed by atoms with van der Waals surface area (Å²) in [4.78, 5) is 61.4. The molecule has 17 heteroatoms. The molecule has 2 aromatic rings. The molecule has 16 nitrogen and oxygen atoms in total. The summed E-state index contributed by atoms with van der Waals surface area (Å²) in [6.07, 6.45) is 0.955. The van der Waals surface area contributed by atoms with Crippen LogP contribution in [0.5, 0.6) is 5.75 Å². The van der Waals surface area contributed by atoms with E-state index in [2.05, 4.69) is 20.5 Å². The SMILES string of the molecule is CCOP(=O)(CNC(=O)C(O)[C@@H]1CCCN1C(=O)CNC(=O)c1ccnc2ccc(OCCCN3CCN(C(=O)OC(C)(C)C)CC3)cc12)OCC. The monoisotopic (exact) mass is 748 g/mol. The van der Waals surface area contributed by atoms with Crippen molar-refractivity contribution in [2.24, 2.45) is 0 Å². The van der Waals surface area contributed by atoms with Crippen molar-refractivity contribution in [2.45, 2.75) is 71.6 Å². The molecule has 2 fully saturated rings. The van der Waals surface area contributed by atoms with Crippen molar-refractivity contribution in [3.63, 3.8) is 0 Å². The van der Waals surface area contributed by atoms with Crippen molar-refractivity contribution in [3.8, 4) is 5.75 Å². The molecule has 4 rings (SSSR count). The predicted molar refractivity (Wildman–Crippen MR) is 193 cm³/mol. The van der Waals surface area contributed by atoms with E-state index >= 15 is 0 Å². The Kier molecular flexibility index (Phi) is 14.8. The highest BCUT2D eigenvalue weighted by Crippen LogP contribution is 2.46. The number of hydrogen-bond acceptors (Lipinski definition) is 12. The van der Waals surface area contributed by atoms with Crippen LogP contribution in [0.1, 0.15) is 64.2 Å². The van der Waals surface area contributed by atoms with Gasteiger partial charge in [-0.1, -0.05) is 0 Å². The maximum atomic E-state index is 13.3. The maximum absolute atomic E-state index is 13.3. The summed E-state index contributed by atoms with van der Waals surface area (Å²) in [5, 5.41) is 16.4. The summed E-state index contributed by atoms with van der Waals surface area (Å²) in [5.41, 5.74) is 0.378. The van der Waals surface area contributed by atoms with Crippen molar-refractivity contribution in [1.82, 2.24) is 30.3 Å². The van der Waals surface area contributed by atoms with Crippen LogP contribution in [0, 0.1) is 0 Å². The van der Waals surface area contributed by atoms with Crippen LogP contribution in [0.25, 0.3) is 10.9 Å². The van der Waals surface area contributed by atoms with E-state index in [1.807, 2.05) is 20.8 Å². The molecule has 288 valence electrons. The number of pyridine rings is 1. The first-order chi connectivity index (χ1) is 24.7. The first-order valence-electron chi connectivity index (χ1n) is 17.9. The van der Waals surface area contributed by atoms with Gasteiger partial charge < -0.3 is 44.1 Å². The number of aliphatic hydroxyl groups is 1. The van der Waals surface area contributed by atoms with Gasteiger partial charge in [0.25, 0.3) is 11.8 Å². The van der Waals surface area contributed by atoms with Crippen LogP contribution in [0.2, 0.25) is 0 Å². The number of benzene rings is 1. The van der Waals surface area contributed by atoms with E-state index < -0.39 is 49.4 Å². The molecule has 1 aromatic heterocycles. The van der Waals surface area contributed by atoms with Crippen LogP contribution in [0.3, 0.4) is 0 Å². The zero-order valence-electron chi connectivity index (χ0n) is 30.8. The Labute approximate surface area is 305 Å². The van der Waals surface area contributed by atoms with Crippen LogP contribution >= 0.6 is 7.60 Å². The fraction of sp³-hybridized carbons (Fsp3) is 0.629. The van der Waals surface area contributed by atoms with Crippen molar-refractivity contribution in [3.05, 3.63) is 36.0 Å². The number of aromatic nitrogens is 1. The second kappa shape index (κ2) is 18.8. The molecule has 4 amide bonds. The summed E-state index contributed by atoms with van der Waals surface area (Å²) in [6.45, 7) is 13.1. The molecular formula is C35H53N6O10P. The number of ether oxygens (including phenoxy) is 2. The van der Waals surface area contributed by atoms with Crippen LogP contribution in [-0.4, -0.2) is 138 Å². The maximum Gasteiger partial charge on any atom is 0.410 e. The smallest absolute Gasteiger partial charge is 0.410 e. The zero-order valence-corrected chi connectivity index (χ0v) is 31.7. The third kappa shape index (κ3) is 11.6. The average molecular weight is 749 g/mol. The quantitative estimate of drug-likeness (QED) is 0.169. The van der Waals surface area contributed by atoms with Gasteiger partial charge in [-0.3, -0.25) is 28.8 Å². The Morgan fingerprint density at radius 1 is 1.02 bits per heavy atom. The lowest BCUT2D eigenvalue weighted by Crippen LogP contribution is -2.51. The van der Waals surface area contributed by atoms with E-state index in [1.54, 1.807) is 43.0 Å². The summed E-state index contributed by atoms with van der Waals surface area (Å²) >= 11 is 0. The number of likely N-dealkylation sites (tertiary alicyclic amines) is 1. The molecule has 0 bridgehead atoms. The van der Waals surface area contributed by atoms with Crippen LogP contribution in [0.15, 0.2) is 30.5 Å². The number of nitrogens with one attached hydrogen (secondary N) is 2. The Hall–Kier alpha value is -3.82. The summed E-state index contributed by atoms with van der Waals surface area (Å²) in [6, 6.07) is 6.07. The van der Waals surface area contributed by atoms with Gasteiger partial charge in [0.15, 0.2) is 6.10 Å². The first kappa shape index (κ1) is 40.9. The second-order valence-corrected chi connectivity index (χ2v) is 15.7. The first-order valence-corrected chi connectivity index (χ1v) is 19.6. The number of nitrogens with zero attached hydrogens (tertiary/aromatic N) is 4. The van der Waals surface area contributed by atoms with Crippen LogP contribution < -0.4 is 15.4 Å². The zero-order chi connectivity index (χ0) is 37.9. The number of carbonyl (C=O) groups excluding carboxylic acids is 4. The minimum atomic E-state index is -3.57. The fourth-order valence-electron chi connectivity index (χ4n) is 6.13. The standard InChI is InChI=1S/C35H53N6O10P/c1-6-49-52(47,50-7-2)24-38-33(45)31(43)29-10-8-16-41(29)30(42)23-37-32(44)26-13-14-36-28-12-11-25(22-27(26)28)48-21-9-15-39-17-19-40(20-18-39)34(46)51-35(3,4)5/h11-14,22,29,31,43H,6-10,15-21,23-24H2,1-5H3,(H,37,44)(H,38,45)/t29-,31?/m0/s1. The number of rotatable bonds is 16.